The van der Waals surface area contributed by atoms with Gasteiger partial charge in [0.1, 0.15) is 5.82 Å². The molecule has 1 unspecified atom stereocenters. The molecule has 2 aromatic heterocycles. The van der Waals surface area contributed by atoms with E-state index >= 15 is 0 Å². The summed E-state index contributed by atoms with van der Waals surface area (Å²) in [5.41, 5.74) is 9.79. The molecule has 0 amide bonds. The summed E-state index contributed by atoms with van der Waals surface area (Å²) >= 11 is 1.76. The minimum absolute atomic E-state index is 0.317. The molecular formula is C15H21N3S. The van der Waals surface area contributed by atoms with Crippen LogP contribution in [-0.4, -0.2) is 11.5 Å². The van der Waals surface area contributed by atoms with Crippen LogP contribution in [0.15, 0.2) is 29.1 Å². The topological polar surface area (TPSA) is 50.9 Å². The minimum Gasteiger partial charge on any atom is -0.383 e. The molecule has 0 radical (unpaired) electrons. The second-order valence-corrected chi connectivity index (χ2v) is 5.51. The number of nitrogen functional groups attached to an aromatic ring is 1. The number of pyridine rings is 1. The predicted octanol–water partition coefficient (Wildman–Crippen LogP) is 3.32. The quantitative estimate of drug-likeness (QED) is 0.850. The Morgan fingerprint density at radius 1 is 1.42 bits per heavy atom. The number of nitrogens with zero attached hydrogens (tertiary/aromatic N) is 1. The Morgan fingerprint density at radius 2 is 2.26 bits per heavy atom. The van der Waals surface area contributed by atoms with Gasteiger partial charge in [-0.2, -0.15) is 11.3 Å². The lowest BCUT2D eigenvalue weighted by Crippen LogP contribution is -2.24. The number of rotatable bonds is 6. The van der Waals surface area contributed by atoms with Gasteiger partial charge in [0.2, 0.25) is 0 Å². The number of nitrogens with two attached hydrogens (primary N) is 1. The lowest BCUT2D eigenvalue weighted by atomic mass is 9.99. The highest BCUT2D eigenvalue weighted by molar-refractivity contribution is 7.08. The van der Waals surface area contributed by atoms with Crippen molar-refractivity contribution in [3.8, 4) is 0 Å². The highest BCUT2D eigenvalue weighted by atomic mass is 32.1. The zero-order chi connectivity index (χ0) is 13.7. The van der Waals surface area contributed by atoms with Crippen molar-refractivity contribution in [3.05, 3.63) is 45.8 Å². The molecular weight excluding hydrogens is 254 g/mol. The summed E-state index contributed by atoms with van der Waals surface area (Å²) in [6.07, 6.45) is 3.75. The zero-order valence-corrected chi connectivity index (χ0v) is 12.3. The molecule has 102 valence electrons. The van der Waals surface area contributed by atoms with E-state index < -0.39 is 0 Å². The lowest BCUT2D eigenvalue weighted by molar-refractivity contribution is 0.528. The number of aryl methyl sites for hydroxylation is 1. The van der Waals surface area contributed by atoms with Gasteiger partial charge in [-0.25, -0.2) is 4.98 Å². The van der Waals surface area contributed by atoms with E-state index in [2.05, 4.69) is 41.0 Å². The van der Waals surface area contributed by atoms with Crippen molar-refractivity contribution < 1.29 is 0 Å². The van der Waals surface area contributed by atoms with Gasteiger partial charge in [0.25, 0.3) is 0 Å². The van der Waals surface area contributed by atoms with Crippen LogP contribution in [-0.2, 0) is 6.42 Å². The largest absolute Gasteiger partial charge is 0.383 e. The van der Waals surface area contributed by atoms with Crippen LogP contribution in [0.5, 0.6) is 0 Å². The van der Waals surface area contributed by atoms with Crippen molar-refractivity contribution in [3.63, 3.8) is 0 Å². The molecule has 3 N–H and O–H groups in total. The smallest absolute Gasteiger partial charge is 0.126 e. The fourth-order valence-electron chi connectivity index (χ4n) is 2.18. The van der Waals surface area contributed by atoms with Gasteiger partial charge in [0, 0.05) is 12.2 Å². The van der Waals surface area contributed by atoms with Crippen molar-refractivity contribution in [2.75, 3.05) is 12.3 Å². The van der Waals surface area contributed by atoms with Crippen molar-refractivity contribution in [2.45, 2.75) is 32.7 Å². The fraction of sp³-hybridized carbons (Fsp3) is 0.400. The zero-order valence-electron chi connectivity index (χ0n) is 11.5. The van der Waals surface area contributed by atoms with Crippen molar-refractivity contribution in [1.29, 1.82) is 0 Å². The molecule has 0 aromatic carbocycles. The standard InChI is InChI=1S/C15H21N3S/c1-3-6-17-14(13-10-19-9-11(13)2)8-12-5-4-7-18-15(12)16/h4-5,7,9-10,14,17H,3,6,8H2,1-2H3,(H2,16,18). The second kappa shape index (κ2) is 6.68. The summed E-state index contributed by atoms with van der Waals surface area (Å²) in [4.78, 5) is 4.17. The van der Waals surface area contributed by atoms with Gasteiger partial charge in [-0.15, -0.1) is 0 Å². The van der Waals surface area contributed by atoms with E-state index in [9.17, 15) is 0 Å². The van der Waals surface area contributed by atoms with E-state index in [1.165, 1.54) is 11.1 Å². The third-order valence-electron chi connectivity index (χ3n) is 3.26. The average Bonchev–Trinajstić information content (AvgIpc) is 2.83. The van der Waals surface area contributed by atoms with Gasteiger partial charge in [0.05, 0.1) is 0 Å². The SMILES string of the molecule is CCCNC(Cc1cccnc1N)c1cscc1C. The van der Waals surface area contributed by atoms with Crippen molar-refractivity contribution >= 4 is 17.2 Å². The Balaban J connectivity index is 2.19. The Bertz CT molecular complexity index is 522. The minimum atomic E-state index is 0.317. The molecule has 0 aliphatic carbocycles. The first-order valence-corrected chi connectivity index (χ1v) is 7.62. The average molecular weight is 275 g/mol. The summed E-state index contributed by atoms with van der Waals surface area (Å²) in [5.74, 6) is 0.638. The summed E-state index contributed by atoms with van der Waals surface area (Å²) in [5, 5.41) is 8.04. The first-order valence-electron chi connectivity index (χ1n) is 6.67. The van der Waals surface area contributed by atoms with Crippen LogP contribution in [0.25, 0.3) is 0 Å². The molecule has 0 aliphatic rings. The van der Waals surface area contributed by atoms with Crippen LogP contribution in [0.2, 0.25) is 0 Å². The molecule has 0 saturated heterocycles. The lowest BCUT2D eigenvalue weighted by Gasteiger charge is -2.19. The molecule has 2 rings (SSSR count). The van der Waals surface area contributed by atoms with E-state index in [-0.39, 0.29) is 0 Å². The van der Waals surface area contributed by atoms with Gasteiger partial charge >= 0.3 is 0 Å². The summed E-state index contributed by atoms with van der Waals surface area (Å²) in [7, 11) is 0. The van der Waals surface area contributed by atoms with E-state index in [1.54, 1.807) is 17.5 Å². The van der Waals surface area contributed by atoms with Crippen LogP contribution in [0.1, 0.15) is 36.1 Å². The Kier molecular flexibility index (Phi) is 4.93. The maximum atomic E-state index is 5.95. The molecule has 3 nitrogen and oxygen atoms in total. The van der Waals surface area contributed by atoms with Gasteiger partial charge in [0.15, 0.2) is 0 Å². The number of aromatic nitrogens is 1. The fourth-order valence-corrected chi connectivity index (χ4v) is 3.09. The van der Waals surface area contributed by atoms with Gasteiger partial charge in [-0.05, 0) is 59.8 Å². The molecule has 1 atom stereocenters. The summed E-state index contributed by atoms with van der Waals surface area (Å²) in [6, 6.07) is 4.32. The highest BCUT2D eigenvalue weighted by Gasteiger charge is 2.16. The van der Waals surface area contributed by atoms with Gasteiger partial charge in [-0.1, -0.05) is 13.0 Å². The first-order chi connectivity index (χ1) is 9.22. The molecule has 19 heavy (non-hydrogen) atoms. The van der Waals surface area contributed by atoms with E-state index in [0.29, 0.717) is 11.9 Å². The Labute approximate surface area is 118 Å². The number of hydrogen-bond acceptors (Lipinski definition) is 4. The second-order valence-electron chi connectivity index (χ2n) is 4.77. The van der Waals surface area contributed by atoms with Crippen LogP contribution in [0, 0.1) is 6.92 Å². The van der Waals surface area contributed by atoms with Crippen LogP contribution < -0.4 is 11.1 Å². The third-order valence-corrected chi connectivity index (χ3v) is 4.14. The van der Waals surface area contributed by atoms with E-state index in [0.717, 1.165) is 24.9 Å². The molecule has 2 aromatic rings. The van der Waals surface area contributed by atoms with Gasteiger partial charge in [-0.3, -0.25) is 0 Å². The summed E-state index contributed by atoms with van der Waals surface area (Å²) in [6.45, 7) is 5.36. The number of nitrogens with one attached hydrogen (secondary N) is 1. The molecule has 0 bridgehead atoms. The molecule has 0 fully saturated rings. The van der Waals surface area contributed by atoms with Crippen LogP contribution in [0.3, 0.4) is 0 Å². The van der Waals surface area contributed by atoms with Crippen LogP contribution >= 0.6 is 11.3 Å². The Hall–Kier alpha value is -1.39. The number of thiophene rings is 1. The molecule has 4 heteroatoms. The molecule has 0 spiro atoms. The van der Waals surface area contributed by atoms with E-state index in [1.807, 2.05) is 6.07 Å². The molecule has 2 heterocycles. The third kappa shape index (κ3) is 3.55. The normalized spacial score (nSPS) is 12.5. The van der Waals surface area contributed by atoms with Crippen molar-refractivity contribution in [2.24, 2.45) is 0 Å². The highest BCUT2D eigenvalue weighted by Crippen LogP contribution is 2.26. The van der Waals surface area contributed by atoms with E-state index in [4.69, 9.17) is 5.73 Å². The van der Waals surface area contributed by atoms with Crippen molar-refractivity contribution in [1.82, 2.24) is 10.3 Å². The molecule has 0 aliphatic heterocycles. The molecule has 0 saturated carbocycles. The monoisotopic (exact) mass is 275 g/mol. The Morgan fingerprint density at radius 3 is 2.89 bits per heavy atom. The maximum absolute atomic E-state index is 5.95. The maximum Gasteiger partial charge on any atom is 0.126 e. The summed E-state index contributed by atoms with van der Waals surface area (Å²) < 4.78 is 0. The predicted molar refractivity (Wildman–Crippen MR) is 82.4 cm³/mol. The number of anilines is 1. The van der Waals surface area contributed by atoms with Gasteiger partial charge < -0.3 is 11.1 Å². The first kappa shape index (κ1) is 14.0. The van der Waals surface area contributed by atoms with Crippen LogP contribution in [0.4, 0.5) is 5.82 Å². The number of hydrogen-bond donors (Lipinski definition) is 2.